The topological polar surface area (TPSA) is 77.8 Å². The fraction of sp³-hybridized carbons (Fsp3) is 0.533. The van der Waals surface area contributed by atoms with Crippen molar-refractivity contribution in [3.05, 3.63) is 22.8 Å². The molecule has 1 saturated carbocycles. The fourth-order valence-corrected chi connectivity index (χ4v) is 2.89. The van der Waals surface area contributed by atoms with E-state index in [0.29, 0.717) is 17.6 Å². The number of carbonyl (C=O) groups excluding carboxylic acids is 1. The third kappa shape index (κ3) is 2.37. The molecule has 0 radical (unpaired) electrons. The number of rotatable bonds is 2. The largest absolute Gasteiger partial charge is 0.396 e. The normalized spacial score (nSPS) is 35.3. The molecule has 2 rings (SSSR count). The Morgan fingerprint density at radius 3 is 2.63 bits per heavy atom. The predicted molar refractivity (Wildman–Crippen MR) is 69.9 cm³/mol. The van der Waals surface area contributed by atoms with Gasteiger partial charge in [0.05, 0.1) is 12.2 Å². The molecule has 0 aromatic carbocycles. The van der Waals surface area contributed by atoms with E-state index in [1.807, 2.05) is 6.92 Å². The van der Waals surface area contributed by atoms with Crippen molar-refractivity contribution in [3.63, 3.8) is 0 Å². The number of aliphatic hydroxyl groups excluding tert-OH is 3. The minimum absolute atomic E-state index is 0.0636. The summed E-state index contributed by atoms with van der Waals surface area (Å²) in [5.74, 6) is 1.63. The van der Waals surface area contributed by atoms with E-state index in [4.69, 9.17) is 11.5 Å². The Bertz CT molecular complexity index is 495. The molecule has 0 amide bonds. The Kier molecular flexibility index (Phi) is 3.91. The maximum absolute atomic E-state index is 12.1. The number of aliphatic hydroxyl groups is 3. The van der Waals surface area contributed by atoms with E-state index in [9.17, 15) is 15.0 Å². The lowest BCUT2D eigenvalue weighted by Gasteiger charge is -2.22. The predicted octanol–water partition coefficient (Wildman–Crippen LogP) is 0.185. The standard InChI is InChI=1S/C15H18O4/c1-3-9-5-11(13(17)4-8(9)2)12-6-10(7-16)14(18)15(12)19/h1,5,10,12,14-16,18-19H,4,6-7H2,2H3/t10-,12+,14-,15+/m1/s1. The maximum Gasteiger partial charge on any atom is 0.163 e. The van der Waals surface area contributed by atoms with Crippen molar-refractivity contribution in [2.45, 2.75) is 32.0 Å². The molecule has 102 valence electrons. The summed E-state index contributed by atoms with van der Waals surface area (Å²) in [6, 6.07) is 0. The zero-order valence-corrected chi connectivity index (χ0v) is 10.8. The molecule has 0 aliphatic heterocycles. The molecule has 2 aliphatic carbocycles. The average molecular weight is 262 g/mol. The van der Waals surface area contributed by atoms with E-state index in [2.05, 4.69) is 5.92 Å². The fourth-order valence-electron chi connectivity index (χ4n) is 2.89. The second-order valence-electron chi connectivity index (χ2n) is 5.30. The van der Waals surface area contributed by atoms with Gasteiger partial charge >= 0.3 is 0 Å². The van der Waals surface area contributed by atoms with Crippen molar-refractivity contribution >= 4 is 5.78 Å². The highest BCUT2D eigenvalue weighted by Gasteiger charge is 2.44. The van der Waals surface area contributed by atoms with Gasteiger partial charge < -0.3 is 15.3 Å². The zero-order chi connectivity index (χ0) is 14.2. The van der Waals surface area contributed by atoms with Gasteiger partial charge in [-0.1, -0.05) is 5.92 Å². The second-order valence-corrected chi connectivity index (χ2v) is 5.30. The van der Waals surface area contributed by atoms with Gasteiger partial charge in [-0.2, -0.15) is 0 Å². The first-order valence-corrected chi connectivity index (χ1v) is 6.37. The zero-order valence-electron chi connectivity index (χ0n) is 10.8. The van der Waals surface area contributed by atoms with Gasteiger partial charge in [0, 0.05) is 36.0 Å². The quantitative estimate of drug-likeness (QED) is 0.621. The third-order valence-electron chi connectivity index (χ3n) is 4.10. The van der Waals surface area contributed by atoms with Gasteiger partial charge in [-0.05, 0) is 25.0 Å². The van der Waals surface area contributed by atoms with Crippen molar-refractivity contribution in [1.82, 2.24) is 0 Å². The molecule has 4 heteroatoms. The van der Waals surface area contributed by atoms with Gasteiger partial charge in [0.25, 0.3) is 0 Å². The van der Waals surface area contributed by atoms with Gasteiger partial charge in [0.2, 0.25) is 0 Å². The van der Waals surface area contributed by atoms with Crippen LogP contribution in [0.25, 0.3) is 0 Å². The summed E-state index contributed by atoms with van der Waals surface area (Å²) in [5.41, 5.74) is 1.99. The summed E-state index contributed by atoms with van der Waals surface area (Å²) in [4.78, 5) is 12.1. The van der Waals surface area contributed by atoms with Gasteiger partial charge in [-0.3, -0.25) is 4.79 Å². The first-order valence-electron chi connectivity index (χ1n) is 6.37. The number of hydrogen-bond donors (Lipinski definition) is 3. The van der Waals surface area contributed by atoms with Crippen LogP contribution in [0.4, 0.5) is 0 Å². The summed E-state index contributed by atoms with van der Waals surface area (Å²) < 4.78 is 0. The summed E-state index contributed by atoms with van der Waals surface area (Å²) in [6.07, 6.45) is 5.68. The van der Waals surface area contributed by atoms with Crippen LogP contribution in [0.2, 0.25) is 0 Å². The van der Waals surface area contributed by atoms with Crippen molar-refractivity contribution in [2.75, 3.05) is 6.61 Å². The molecule has 3 N–H and O–H groups in total. The lowest BCUT2D eigenvalue weighted by molar-refractivity contribution is -0.116. The van der Waals surface area contributed by atoms with Crippen LogP contribution < -0.4 is 0 Å². The Hall–Kier alpha value is -1.41. The van der Waals surface area contributed by atoms with Crippen LogP contribution in [0.5, 0.6) is 0 Å². The molecule has 4 nitrogen and oxygen atoms in total. The summed E-state index contributed by atoms with van der Waals surface area (Å²) in [5, 5.41) is 29.0. The van der Waals surface area contributed by atoms with Gasteiger partial charge in [-0.25, -0.2) is 0 Å². The molecule has 0 saturated heterocycles. The van der Waals surface area contributed by atoms with E-state index < -0.39 is 24.0 Å². The monoisotopic (exact) mass is 262 g/mol. The van der Waals surface area contributed by atoms with Crippen LogP contribution in [-0.4, -0.2) is 39.9 Å². The summed E-state index contributed by atoms with van der Waals surface area (Å²) in [7, 11) is 0. The minimum atomic E-state index is -1.02. The summed E-state index contributed by atoms with van der Waals surface area (Å²) in [6.45, 7) is 1.61. The van der Waals surface area contributed by atoms with Gasteiger partial charge in [0.1, 0.15) is 0 Å². The van der Waals surface area contributed by atoms with Crippen LogP contribution in [0.15, 0.2) is 22.8 Å². The Labute approximate surface area is 112 Å². The highest BCUT2D eigenvalue weighted by molar-refractivity contribution is 6.00. The SMILES string of the molecule is C#CC1=C(C)CC(=O)C([C@@H]2C[C@H](CO)[C@@H](O)[C@H]2O)=C1. The van der Waals surface area contributed by atoms with Gasteiger partial charge in [0.15, 0.2) is 5.78 Å². The lowest BCUT2D eigenvalue weighted by atomic mass is 9.83. The number of terminal acetylenes is 1. The first-order chi connectivity index (χ1) is 8.99. The molecular weight excluding hydrogens is 244 g/mol. The van der Waals surface area contributed by atoms with Crippen LogP contribution in [-0.2, 0) is 4.79 Å². The van der Waals surface area contributed by atoms with Crippen molar-refractivity contribution in [3.8, 4) is 12.3 Å². The van der Waals surface area contributed by atoms with Crippen LogP contribution in [0.1, 0.15) is 19.8 Å². The molecule has 0 spiro atoms. The van der Waals surface area contributed by atoms with E-state index in [-0.39, 0.29) is 18.8 Å². The molecule has 0 aromatic rings. The van der Waals surface area contributed by atoms with E-state index in [0.717, 1.165) is 5.57 Å². The van der Waals surface area contributed by atoms with Crippen molar-refractivity contribution in [2.24, 2.45) is 11.8 Å². The number of carbonyl (C=O) groups is 1. The van der Waals surface area contributed by atoms with Gasteiger partial charge in [-0.15, -0.1) is 6.42 Å². The third-order valence-corrected chi connectivity index (χ3v) is 4.10. The van der Waals surface area contributed by atoms with E-state index >= 15 is 0 Å². The van der Waals surface area contributed by atoms with Crippen LogP contribution >= 0.6 is 0 Å². The van der Waals surface area contributed by atoms with Crippen molar-refractivity contribution in [1.29, 1.82) is 0 Å². The molecule has 1 fully saturated rings. The first kappa shape index (κ1) is 14.0. The van der Waals surface area contributed by atoms with Crippen LogP contribution in [0.3, 0.4) is 0 Å². The minimum Gasteiger partial charge on any atom is -0.396 e. The molecule has 0 bridgehead atoms. The molecule has 0 unspecified atom stereocenters. The van der Waals surface area contributed by atoms with E-state index in [1.165, 1.54) is 0 Å². The second kappa shape index (κ2) is 5.30. The maximum atomic E-state index is 12.1. The van der Waals surface area contributed by atoms with Crippen LogP contribution in [0, 0.1) is 24.2 Å². The number of Topliss-reactive ketones (excluding diaryl/α,β-unsaturated/α-hetero) is 1. The molecule has 4 atom stereocenters. The van der Waals surface area contributed by atoms with E-state index in [1.54, 1.807) is 6.08 Å². The summed E-state index contributed by atoms with van der Waals surface area (Å²) >= 11 is 0. The highest BCUT2D eigenvalue weighted by atomic mass is 16.3. The molecule has 0 heterocycles. The molecule has 0 aromatic heterocycles. The average Bonchev–Trinajstić information content (AvgIpc) is 2.67. The Balaban J connectivity index is 2.32. The Morgan fingerprint density at radius 2 is 2.11 bits per heavy atom. The van der Waals surface area contributed by atoms with Crippen molar-refractivity contribution < 1.29 is 20.1 Å². The highest BCUT2D eigenvalue weighted by Crippen LogP contribution is 2.39. The number of ketones is 1. The number of allylic oxidation sites excluding steroid dienone is 3. The lowest BCUT2D eigenvalue weighted by Crippen LogP contribution is -2.31. The molecule has 2 aliphatic rings. The molecule has 19 heavy (non-hydrogen) atoms. The molecular formula is C15H18O4. The Morgan fingerprint density at radius 1 is 1.42 bits per heavy atom. The number of hydrogen-bond acceptors (Lipinski definition) is 4. The smallest absolute Gasteiger partial charge is 0.163 e.